The highest BCUT2D eigenvalue weighted by Crippen LogP contribution is 2.27. The highest BCUT2D eigenvalue weighted by molar-refractivity contribution is 7.99. The van der Waals surface area contributed by atoms with Crippen molar-refractivity contribution in [3.8, 4) is 0 Å². The molecule has 5 heteroatoms. The maximum atomic E-state index is 12.0. The predicted molar refractivity (Wildman–Crippen MR) is 89.7 cm³/mol. The number of nitrogens with two attached hydrogens (primary N) is 1. The van der Waals surface area contributed by atoms with E-state index < -0.39 is 0 Å². The van der Waals surface area contributed by atoms with Gasteiger partial charge in [-0.05, 0) is 50.1 Å². The van der Waals surface area contributed by atoms with Gasteiger partial charge in [0.1, 0.15) is 0 Å². The lowest BCUT2D eigenvalue weighted by molar-refractivity contribution is -0.116. The Bertz CT molecular complexity index is 493. The minimum atomic E-state index is 0.0556. The highest BCUT2D eigenvalue weighted by atomic mass is 32.2. The highest BCUT2D eigenvalue weighted by Gasteiger charge is 2.24. The first kappa shape index (κ1) is 16.2. The molecule has 2 atom stereocenters. The van der Waals surface area contributed by atoms with E-state index in [1.165, 1.54) is 0 Å². The van der Waals surface area contributed by atoms with Gasteiger partial charge in [0.15, 0.2) is 0 Å². The molecule has 0 aromatic heterocycles. The third kappa shape index (κ3) is 4.64. The van der Waals surface area contributed by atoms with Crippen LogP contribution in [0.5, 0.6) is 0 Å². The number of hydrogen-bond donors (Lipinski definition) is 2. The SMILES string of the molecule is Cc1c(N)cccc1NC(=O)CCCSC1CCOC1C. The number of hydrogen-bond acceptors (Lipinski definition) is 4. The van der Waals surface area contributed by atoms with Gasteiger partial charge in [0.05, 0.1) is 6.10 Å². The molecule has 2 rings (SSSR count). The number of rotatable bonds is 6. The molecule has 0 saturated carbocycles. The number of nitrogen functional groups attached to an aromatic ring is 1. The largest absolute Gasteiger partial charge is 0.398 e. The van der Waals surface area contributed by atoms with E-state index in [0.717, 1.165) is 36.5 Å². The molecule has 0 aliphatic carbocycles. The van der Waals surface area contributed by atoms with E-state index in [2.05, 4.69) is 12.2 Å². The zero-order valence-corrected chi connectivity index (χ0v) is 13.5. The number of ether oxygens (including phenoxy) is 1. The molecule has 0 radical (unpaired) electrons. The lowest BCUT2D eigenvalue weighted by Crippen LogP contribution is -2.15. The van der Waals surface area contributed by atoms with Crippen LogP contribution in [0.3, 0.4) is 0 Å². The Kier molecular flexibility index (Phi) is 5.94. The summed E-state index contributed by atoms with van der Waals surface area (Å²) in [6, 6.07) is 5.58. The summed E-state index contributed by atoms with van der Waals surface area (Å²) in [5.41, 5.74) is 8.28. The first-order valence-corrected chi connectivity index (χ1v) is 8.51. The van der Waals surface area contributed by atoms with Crippen LogP contribution in [0.15, 0.2) is 18.2 Å². The van der Waals surface area contributed by atoms with E-state index in [-0.39, 0.29) is 5.91 Å². The maximum absolute atomic E-state index is 12.0. The lowest BCUT2D eigenvalue weighted by atomic mass is 10.1. The van der Waals surface area contributed by atoms with Gasteiger partial charge < -0.3 is 15.8 Å². The number of amides is 1. The number of thioether (sulfide) groups is 1. The molecule has 1 heterocycles. The molecule has 4 nitrogen and oxygen atoms in total. The topological polar surface area (TPSA) is 64.3 Å². The van der Waals surface area contributed by atoms with Gasteiger partial charge in [-0.15, -0.1) is 0 Å². The van der Waals surface area contributed by atoms with Crippen LogP contribution in [0.1, 0.15) is 31.7 Å². The molecule has 116 valence electrons. The zero-order valence-electron chi connectivity index (χ0n) is 12.7. The van der Waals surface area contributed by atoms with Crippen LogP contribution in [-0.4, -0.2) is 29.6 Å². The molecule has 1 aromatic carbocycles. The molecule has 0 spiro atoms. The van der Waals surface area contributed by atoms with Crippen LogP contribution in [0, 0.1) is 6.92 Å². The molecule has 1 aromatic rings. The molecule has 2 unspecified atom stereocenters. The van der Waals surface area contributed by atoms with Crippen LogP contribution in [0.25, 0.3) is 0 Å². The van der Waals surface area contributed by atoms with Gasteiger partial charge in [-0.2, -0.15) is 11.8 Å². The Morgan fingerprint density at radius 1 is 1.52 bits per heavy atom. The summed E-state index contributed by atoms with van der Waals surface area (Å²) in [7, 11) is 0. The van der Waals surface area contributed by atoms with E-state index in [4.69, 9.17) is 10.5 Å². The van der Waals surface area contributed by atoms with E-state index >= 15 is 0 Å². The fourth-order valence-electron chi connectivity index (χ4n) is 2.40. The van der Waals surface area contributed by atoms with Crippen molar-refractivity contribution in [2.45, 2.75) is 44.5 Å². The van der Waals surface area contributed by atoms with Crippen molar-refractivity contribution >= 4 is 29.0 Å². The van der Waals surface area contributed by atoms with Gasteiger partial charge in [0, 0.05) is 29.7 Å². The molecule has 1 saturated heterocycles. The first-order chi connectivity index (χ1) is 10.1. The fourth-order valence-corrected chi connectivity index (χ4v) is 3.63. The molecule has 21 heavy (non-hydrogen) atoms. The molecular formula is C16H24N2O2S. The van der Waals surface area contributed by atoms with E-state index in [1.54, 1.807) is 0 Å². The average molecular weight is 308 g/mol. The Morgan fingerprint density at radius 2 is 2.33 bits per heavy atom. The molecule has 1 fully saturated rings. The minimum absolute atomic E-state index is 0.0556. The lowest BCUT2D eigenvalue weighted by Gasteiger charge is -2.13. The van der Waals surface area contributed by atoms with Crippen molar-refractivity contribution in [1.82, 2.24) is 0 Å². The van der Waals surface area contributed by atoms with Crippen molar-refractivity contribution in [3.05, 3.63) is 23.8 Å². The summed E-state index contributed by atoms with van der Waals surface area (Å²) in [6.07, 6.45) is 2.91. The Hall–Kier alpha value is -1.20. The second-order valence-electron chi connectivity index (χ2n) is 5.45. The number of anilines is 2. The summed E-state index contributed by atoms with van der Waals surface area (Å²) in [5, 5.41) is 3.52. The van der Waals surface area contributed by atoms with Gasteiger partial charge in [-0.25, -0.2) is 0 Å². The summed E-state index contributed by atoms with van der Waals surface area (Å²) in [6.45, 7) is 4.91. The Labute approximate surface area is 130 Å². The summed E-state index contributed by atoms with van der Waals surface area (Å²) < 4.78 is 5.53. The summed E-state index contributed by atoms with van der Waals surface area (Å²) in [5.74, 6) is 1.06. The quantitative estimate of drug-likeness (QED) is 0.625. The molecule has 1 aliphatic rings. The van der Waals surface area contributed by atoms with E-state index in [0.29, 0.717) is 23.5 Å². The Balaban J connectivity index is 1.69. The molecule has 3 N–H and O–H groups in total. The number of carbonyl (C=O) groups is 1. The molecule has 1 amide bonds. The monoisotopic (exact) mass is 308 g/mol. The van der Waals surface area contributed by atoms with Gasteiger partial charge >= 0.3 is 0 Å². The van der Waals surface area contributed by atoms with Crippen LogP contribution in [0.2, 0.25) is 0 Å². The molecule has 0 bridgehead atoms. The van der Waals surface area contributed by atoms with Crippen LogP contribution < -0.4 is 11.1 Å². The predicted octanol–water partition coefficient (Wildman–Crippen LogP) is 3.21. The van der Waals surface area contributed by atoms with Crippen molar-refractivity contribution in [3.63, 3.8) is 0 Å². The number of nitrogens with one attached hydrogen (secondary N) is 1. The standard InChI is InChI=1S/C16H24N2O2S/c1-11-13(17)5-3-6-14(11)18-16(19)7-4-10-21-15-8-9-20-12(15)2/h3,5-6,12,15H,4,7-10,17H2,1-2H3,(H,18,19). The summed E-state index contributed by atoms with van der Waals surface area (Å²) in [4.78, 5) is 12.0. The number of benzene rings is 1. The van der Waals surface area contributed by atoms with Crippen LogP contribution >= 0.6 is 11.8 Å². The third-order valence-corrected chi connectivity index (χ3v) is 5.41. The van der Waals surface area contributed by atoms with Crippen LogP contribution in [0.4, 0.5) is 11.4 Å². The molecular weight excluding hydrogens is 284 g/mol. The van der Waals surface area contributed by atoms with Crippen LogP contribution in [-0.2, 0) is 9.53 Å². The van der Waals surface area contributed by atoms with Gasteiger partial charge in [0.25, 0.3) is 0 Å². The second-order valence-corrected chi connectivity index (χ2v) is 6.79. The third-order valence-electron chi connectivity index (χ3n) is 3.84. The zero-order chi connectivity index (χ0) is 15.2. The van der Waals surface area contributed by atoms with Crippen molar-refractivity contribution in [2.75, 3.05) is 23.4 Å². The van der Waals surface area contributed by atoms with Gasteiger partial charge in [-0.3, -0.25) is 4.79 Å². The smallest absolute Gasteiger partial charge is 0.224 e. The fraction of sp³-hybridized carbons (Fsp3) is 0.562. The van der Waals surface area contributed by atoms with Crippen molar-refractivity contribution in [2.24, 2.45) is 0 Å². The number of carbonyl (C=O) groups excluding carboxylic acids is 1. The first-order valence-electron chi connectivity index (χ1n) is 7.46. The maximum Gasteiger partial charge on any atom is 0.224 e. The average Bonchev–Trinajstić information content (AvgIpc) is 2.86. The second kappa shape index (κ2) is 7.71. The van der Waals surface area contributed by atoms with E-state index in [1.807, 2.05) is 36.9 Å². The minimum Gasteiger partial charge on any atom is -0.398 e. The normalized spacial score (nSPS) is 21.4. The van der Waals surface area contributed by atoms with Crippen molar-refractivity contribution < 1.29 is 9.53 Å². The van der Waals surface area contributed by atoms with Gasteiger partial charge in [-0.1, -0.05) is 6.07 Å². The summed E-state index contributed by atoms with van der Waals surface area (Å²) >= 11 is 1.92. The van der Waals surface area contributed by atoms with Gasteiger partial charge in [0.2, 0.25) is 5.91 Å². The Morgan fingerprint density at radius 3 is 3.05 bits per heavy atom. The molecule has 1 aliphatic heterocycles. The van der Waals surface area contributed by atoms with Crippen molar-refractivity contribution in [1.29, 1.82) is 0 Å². The van der Waals surface area contributed by atoms with E-state index in [9.17, 15) is 4.79 Å².